The number of nitrogens with zero attached hydrogens (tertiary/aromatic N) is 2. The molecule has 0 saturated carbocycles. The van der Waals surface area contributed by atoms with Gasteiger partial charge in [-0.3, -0.25) is 52.9 Å². The number of hydrogen-bond donors (Lipinski definition) is 16. The number of carbonyl (C=O) groups is 10. The largest absolute Gasteiger partial charge is 0.480 e. The Morgan fingerprint density at radius 1 is 0.573 bits per heavy atom. The van der Waals surface area contributed by atoms with Crippen molar-refractivity contribution in [3.05, 3.63) is 90.0 Å². The standard InChI is InChI=1S/C54H83N17O11/c1-3-32(2)45(71-46(75)36(57)25-33-15-6-4-7-16-33)53(82)70-41(27-35-29-61-31-64-35)51(80)69-42(28-43(58)72)52(81)68-40(26-34-17-8-5-9-18-34)50(79)67-38(20-11-13-23-56)48(77)66-39(21-14-24-62-54(59)60)49(78)65-37(19-10-12-22-55)47(76)63-30-44(73)74/h4-9,15-18,29,31-32,36-42,45H,3,10-14,19-28,30,55-57H2,1-2H3,(H2,58,72)(H,61,64)(H,63,76)(H,65,78)(H,66,77)(H,67,79)(H,68,81)(H,69,80)(H,70,82)(H,71,75)(H,73,74)(H4,59,60,62). The Hall–Kier alpha value is -8.50. The zero-order valence-electron chi connectivity index (χ0n) is 46.5. The number of aliphatic imine (C=N–C) groups is 1. The summed E-state index contributed by atoms with van der Waals surface area (Å²) in [7, 11) is 0. The van der Waals surface area contributed by atoms with Gasteiger partial charge in [0, 0.05) is 31.3 Å². The summed E-state index contributed by atoms with van der Waals surface area (Å²) in [6.45, 7) is 3.36. The maximum absolute atomic E-state index is 14.6. The van der Waals surface area contributed by atoms with Gasteiger partial charge in [-0.1, -0.05) is 80.9 Å². The quantitative estimate of drug-likeness (QED) is 0.0150. The first kappa shape index (κ1) is 67.8. The number of aliphatic carboxylic acids is 1. The lowest BCUT2D eigenvalue weighted by Gasteiger charge is -2.29. The monoisotopic (exact) mass is 1150 g/mol. The molecule has 28 heteroatoms. The molecule has 450 valence electrons. The van der Waals surface area contributed by atoms with E-state index in [1.165, 1.54) is 12.5 Å². The summed E-state index contributed by atoms with van der Waals surface area (Å²) in [5.74, 6) is -9.76. The Balaban J connectivity index is 1.96. The molecule has 1 heterocycles. The molecule has 0 aliphatic heterocycles. The van der Waals surface area contributed by atoms with E-state index >= 15 is 0 Å². The first-order chi connectivity index (χ1) is 39.1. The number of amides is 9. The van der Waals surface area contributed by atoms with Gasteiger partial charge in [0.25, 0.3) is 0 Å². The summed E-state index contributed by atoms with van der Waals surface area (Å²) in [5.41, 5.74) is 36.1. The van der Waals surface area contributed by atoms with Crippen LogP contribution in [0, 0.1) is 5.92 Å². The van der Waals surface area contributed by atoms with Crippen molar-refractivity contribution in [3.8, 4) is 0 Å². The van der Waals surface area contributed by atoms with Crippen molar-refractivity contribution in [1.82, 2.24) is 52.5 Å². The second-order valence-corrected chi connectivity index (χ2v) is 19.8. The van der Waals surface area contributed by atoms with Crippen LogP contribution >= 0.6 is 0 Å². The SMILES string of the molecule is CCC(C)C(NC(=O)C(N)Cc1ccccc1)C(=O)NC(Cc1cnc[nH]1)C(=O)NC(CC(N)=O)C(=O)NC(Cc1ccccc1)C(=O)NC(CCCCN)C(=O)NC(CCCN=C(N)N)C(=O)NC(CCCCN)C(=O)NCC(=O)O. The second-order valence-electron chi connectivity index (χ2n) is 19.8. The third-order valence-corrected chi connectivity index (χ3v) is 13.1. The number of carboxylic acid groups (broad SMARTS) is 1. The number of carboxylic acids is 1. The van der Waals surface area contributed by atoms with Crippen LogP contribution in [-0.2, 0) is 67.2 Å². The summed E-state index contributed by atoms with van der Waals surface area (Å²) in [4.78, 5) is 147. The summed E-state index contributed by atoms with van der Waals surface area (Å²) < 4.78 is 0. The summed E-state index contributed by atoms with van der Waals surface area (Å²) in [5, 5.41) is 29.9. The highest BCUT2D eigenvalue weighted by atomic mass is 16.4. The van der Waals surface area contributed by atoms with Crippen LogP contribution in [0.4, 0.5) is 0 Å². The Kier molecular flexibility index (Phi) is 30.3. The fourth-order valence-electron chi connectivity index (χ4n) is 8.42. The van der Waals surface area contributed by atoms with Gasteiger partial charge in [0.15, 0.2) is 5.96 Å². The number of unbranched alkanes of at least 4 members (excludes halogenated alkanes) is 2. The normalized spacial score (nSPS) is 14.3. The summed E-state index contributed by atoms with van der Waals surface area (Å²) >= 11 is 0. The molecule has 0 aliphatic rings. The van der Waals surface area contributed by atoms with Crippen LogP contribution in [0.15, 0.2) is 78.2 Å². The van der Waals surface area contributed by atoms with Crippen molar-refractivity contribution in [2.45, 2.75) is 146 Å². The average molecular weight is 1150 g/mol. The molecule has 9 unspecified atom stereocenters. The van der Waals surface area contributed by atoms with Crippen LogP contribution in [0.5, 0.6) is 0 Å². The highest BCUT2D eigenvalue weighted by Gasteiger charge is 2.36. The lowest BCUT2D eigenvalue weighted by atomic mass is 9.96. The fourth-order valence-corrected chi connectivity index (χ4v) is 8.42. The second kappa shape index (κ2) is 36.7. The molecule has 0 bridgehead atoms. The number of H-pyrrole nitrogens is 1. The lowest BCUT2D eigenvalue weighted by molar-refractivity contribution is -0.138. The van der Waals surface area contributed by atoms with Crippen molar-refractivity contribution >= 4 is 65.1 Å². The molecule has 0 aliphatic carbocycles. The van der Waals surface area contributed by atoms with Gasteiger partial charge >= 0.3 is 5.97 Å². The molecule has 9 atom stereocenters. The lowest BCUT2D eigenvalue weighted by Crippen LogP contribution is -2.61. The van der Waals surface area contributed by atoms with Crippen molar-refractivity contribution in [3.63, 3.8) is 0 Å². The van der Waals surface area contributed by atoms with Gasteiger partial charge in [-0.25, -0.2) is 4.98 Å². The van der Waals surface area contributed by atoms with E-state index in [-0.39, 0.29) is 70.5 Å². The minimum Gasteiger partial charge on any atom is -0.480 e. The number of benzene rings is 2. The third-order valence-electron chi connectivity index (χ3n) is 13.1. The van der Waals surface area contributed by atoms with Gasteiger partial charge in [-0.05, 0) is 87.9 Å². The Labute approximate surface area is 476 Å². The molecule has 22 N–H and O–H groups in total. The van der Waals surface area contributed by atoms with Crippen molar-refractivity contribution in [1.29, 1.82) is 0 Å². The molecule has 28 nitrogen and oxygen atoms in total. The van der Waals surface area contributed by atoms with Gasteiger partial charge in [0.05, 0.1) is 18.8 Å². The van der Waals surface area contributed by atoms with E-state index < -0.39 is 126 Å². The molecule has 0 saturated heterocycles. The maximum atomic E-state index is 14.6. The summed E-state index contributed by atoms with van der Waals surface area (Å²) in [6, 6.07) is 6.63. The number of nitrogens with two attached hydrogens (primary N) is 6. The van der Waals surface area contributed by atoms with E-state index in [1.54, 1.807) is 49.4 Å². The number of aromatic nitrogens is 2. The van der Waals surface area contributed by atoms with Crippen molar-refractivity contribution in [2.24, 2.45) is 45.3 Å². The van der Waals surface area contributed by atoms with E-state index in [4.69, 9.17) is 34.4 Å². The van der Waals surface area contributed by atoms with Gasteiger partial charge in [0.1, 0.15) is 48.8 Å². The van der Waals surface area contributed by atoms with E-state index in [0.29, 0.717) is 43.4 Å². The summed E-state index contributed by atoms with van der Waals surface area (Å²) in [6.07, 6.45) is 3.90. The molecule has 0 spiro atoms. The number of imidazole rings is 1. The Morgan fingerprint density at radius 3 is 1.52 bits per heavy atom. The maximum Gasteiger partial charge on any atom is 0.322 e. The first-order valence-corrected chi connectivity index (χ1v) is 27.3. The molecule has 1 aromatic heterocycles. The number of carbonyl (C=O) groups excluding carboxylic acids is 9. The number of guanidine groups is 1. The highest BCUT2D eigenvalue weighted by Crippen LogP contribution is 2.13. The van der Waals surface area contributed by atoms with Crippen LogP contribution in [0.1, 0.15) is 94.9 Å². The van der Waals surface area contributed by atoms with E-state index in [2.05, 4.69) is 57.5 Å². The molecular weight excluding hydrogens is 1060 g/mol. The number of aromatic amines is 1. The van der Waals surface area contributed by atoms with Crippen LogP contribution < -0.4 is 76.9 Å². The number of nitrogens with one attached hydrogen (secondary N) is 9. The van der Waals surface area contributed by atoms with Crippen LogP contribution in [0.25, 0.3) is 0 Å². The van der Waals surface area contributed by atoms with Gasteiger partial charge in [-0.15, -0.1) is 0 Å². The molecular formula is C54H83N17O11. The fraction of sp³-hybridized carbons (Fsp3) is 0.519. The van der Waals surface area contributed by atoms with Gasteiger partial charge in [-0.2, -0.15) is 0 Å². The minimum atomic E-state index is -1.74. The zero-order chi connectivity index (χ0) is 60.6. The van der Waals surface area contributed by atoms with E-state index in [9.17, 15) is 53.1 Å². The van der Waals surface area contributed by atoms with E-state index in [0.717, 1.165) is 5.56 Å². The molecule has 0 fully saturated rings. The average Bonchev–Trinajstić information content (AvgIpc) is 3.97. The predicted octanol–water partition coefficient (Wildman–Crippen LogP) is -3.41. The highest BCUT2D eigenvalue weighted by molar-refractivity contribution is 5.99. The predicted molar refractivity (Wildman–Crippen MR) is 304 cm³/mol. The first-order valence-electron chi connectivity index (χ1n) is 27.3. The number of rotatable bonds is 39. The van der Waals surface area contributed by atoms with Crippen molar-refractivity contribution < 1.29 is 53.1 Å². The van der Waals surface area contributed by atoms with Crippen LogP contribution in [0.2, 0.25) is 0 Å². The molecule has 82 heavy (non-hydrogen) atoms. The van der Waals surface area contributed by atoms with Crippen LogP contribution in [-0.4, -0.2) is 155 Å². The smallest absolute Gasteiger partial charge is 0.322 e. The zero-order valence-corrected chi connectivity index (χ0v) is 46.5. The topological polar surface area (TPSA) is 484 Å². The van der Waals surface area contributed by atoms with Crippen molar-refractivity contribution in [2.75, 3.05) is 26.2 Å². The molecule has 2 aromatic carbocycles. The Bertz CT molecular complexity index is 2550. The minimum absolute atomic E-state index is 0.0196. The number of hydrogen-bond acceptors (Lipinski definition) is 15. The molecule has 3 aromatic rings. The molecule has 0 radical (unpaired) electrons. The van der Waals surface area contributed by atoms with Gasteiger partial charge in [0.2, 0.25) is 53.2 Å². The van der Waals surface area contributed by atoms with Crippen LogP contribution in [0.3, 0.4) is 0 Å². The number of primary amides is 1. The Morgan fingerprint density at radius 2 is 1.04 bits per heavy atom. The van der Waals surface area contributed by atoms with Gasteiger partial charge < -0.3 is 87.0 Å². The van der Waals surface area contributed by atoms with E-state index in [1.807, 2.05) is 25.1 Å². The third kappa shape index (κ3) is 25.3. The molecule has 9 amide bonds. The molecule has 3 rings (SSSR count).